The highest BCUT2D eigenvalue weighted by Crippen LogP contribution is 2.21. The van der Waals surface area contributed by atoms with Gasteiger partial charge < -0.3 is 10.6 Å². The fourth-order valence-corrected chi connectivity index (χ4v) is 3.22. The summed E-state index contributed by atoms with van der Waals surface area (Å²) < 4.78 is 0. The molecule has 3 heteroatoms. The molecule has 1 fully saturated rings. The molecule has 0 aromatic heterocycles. The van der Waals surface area contributed by atoms with Gasteiger partial charge in [-0.05, 0) is 49.8 Å². The monoisotopic (exact) mass is 258 g/mol. The maximum atomic E-state index is 12.2. The second-order valence-corrected chi connectivity index (χ2v) is 5.76. The average molecular weight is 258 g/mol. The number of carbonyl (C=O) groups is 1. The van der Waals surface area contributed by atoms with Gasteiger partial charge in [0.1, 0.15) is 0 Å². The van der Waals surface area contributed by atoms with Gasteiger partial charge in [-0.1, -0.05) is 24.3 Å². The topological polar surface area (TPSA) is 41.1 Å². The second kappa shape index (κ2) is 5.74. The Hall–Kier alpha value is -1.35. The summed E-state index contributed by atoms with van der Waals surface area (Å²) in [5, 5.41) is 6.56. The molecule has 1 unspecified atom stereocenters. The van der Waals surface area contributed by atoms with Gasteiger partial charge >= 0.3 is 0 Å². The molecule has 0 bridgehead atoms. The lowest BCUT2D eigenvalue weighted by Gasteiger charge is -2.28. The van der Waals surface area contributed by atoms with E-state index in [0.29, 0.717) is 6.04 Å². The van der Waals surface area contributed by atoms with Gasteiger partial charge in [0.15, 0.2) is 0 Å². The highest BCUT2D eigenvalue weighted by atomic mass is 16.2. The molecule has 1 saturated heterocycles. The van der Waals surface area contributed by atoms with Gasteiger partial charge in [-0.15, -0.1) is 0 Å². The van der Waals surface area contributed by atoms with Gasteiger partial charge in [0.2, 0.25) is 5.91 Å². The van der Waals surface area contributed by atoms with Crippen LogP contribution in [0.1, 0.15) is 30.4 Å². The standard InChI is InChI=1S/C16H22N2O/c19-16(14-6-3-9-17-11-14)18-15-8-7-12-4-1-2-5-13(12)10-15/h1-2,4-5,14-15,17H,3,6-11H2,(H,18,19)/t14-,15?/m0/s1. The number of nitrogens with one attached hydrogen (secondary N) is 2. The van der Waals surface area contributed by atoms with Gasteiger partial charge in [0.25, 0.3) is 0 Å². The van der Waals surface area contributed by atoms with Crippen molar-refractivity contribution in [3.8, 4) is 0 Å². The van der Waals surface area contributed by atoms with E-state index >= 15 is 0 Å². The van der Waals surface area contributed by atoms with Crippen molar-refractivity contribution in [1.82, 2.24) is 10.6 Å². The Morgan fingerprint density at radius 1 is 1.21 bits per heavy atom. The first-order valence-corrected chi connectivity index (χ1v) is 7.41. The summed E-state index contributed by atoms with van der Waals surface area (Å²) >= 11 is 0. The molecule has 1 aliphatic carbocycles. The number of hydrogen-bond acceptors (Lipinski definition) is 2. The summed E-state index contributed by atoms with van der Waals surface area (Å²) in [7, 11) is 0. The number of rotatable bonds is 2. The van der Waals surface area contributed by atoms with E-state index in [1.807, 2.05) is 0 Å². The van der Waals surface area contributed by atoms with E-state index in [0.717, 1.165) is 45.2 Å². The van der Waals surface area contributed by atoms with Gasteiger partial charge in [-0.25, -0.2) is 0 Å². The summed E-state index contributed by atoms with van der Waals surface area (Å²) in [5.41, 5.74) is 2.85. The lowest BCUT2D eigenvalue weighted by Crippen LogP contribution is -2.46. The normalized spacial score (nSPS) is 26.5. The minimum absolute atomic E-state index is 0.172. The molecule has 102 valence electrons. The number of amides is 1. The molecule has 1 heterocycles. The van der Waals surface area contributed by atoms with E-state index in [9.17, 15) is 4.79 Å². The van der Waals surface area contributed by atoms with E-state index in [-0.39, 0.29) is 11.8 Å². The van der Waals surface area contributed by atoms with Crippen molar-refractivity contribution in [2.75, 3.05) is 13.1 Å². The van der Waals surface area contributed by atoms with Crippen molar-refractivity contribution < 1.29 is 4.79 Å². The lowest BCUT2D eigenvalue weighted by atomic mass is 9.88. The first-order valence-electron chi connectivity index (χ1n) is 7.41. The Kier molecular flexibility index (Phi) is 3.83. The largest absolute Gasteiger partial charge is 0.353 e. The predicted molar refractivity (Wildman–Crippen MR) is 76.0 cm³/mol. The smallest absolute Gasteiger partial charge is 0.224 e. The van der Waals surface area contributed by atoms with Crippen molar-refractivity contribution in [2.24, 2.45) is 5.92 Å². The van der Waals surface area contributed by atoms with Crippen LogP contribution in [-0.2, 0) is 17.6 Å². The molecule has 3 rings (SSSR count). The van der Waals surface area contributed by atoms with Crippen LogP contribution in [0.25, 0.3) is 0 Å². The molecule has 19 heavy (non-hydrogen) atoms. The predicted octanol–water partition coefficient (Wildman–Crippen LogP) is 1.66. The molecular weight excluding hydrogens is 236 g/mol. The number of benzene rings is 1. The van der Waals surface area contributed by atoms with Crippen molar-refractivity contribution in [3.63, 3.8) is 0 Å². The molecule has 1 aromatic rings. The van der Waals surface area contributed by atoms with E-state index in [1.165, 1.54) is 11.1 Å². The van der Waals surface area contributed by atoms with Crippen LogP contribution in [0.3, 0.4) is 0 Å². The first kappa shape index (κ1) is 12.7. The van der Waals surface area contributed by atoms with Crippen LogP contribution in [0, 0.1) is 5.92 Å². The van der Waals surface area contributed by atoms with Crippen molar-refractivity contribution in [1.29, 1.82) is 0 Å². The van der Waals surface area contributed by atoms with Crippen LogP contribution in [0.2, 0.25) is 0 Å². The molecule has 2 atom stereocenters. The first-order chi connectivity index (χ1) is 9.33. The Balaban J connectivity index is 1.58. The number of fused-ring (bicyclic) bond motifs is 1. The molecule has 3 nitrogen and oxygen atoms in total. The summed E-state index contributed by atoms with van der Waals surface area (Å²) in [6.45, 7) is 1.90. The zero-order valence-electron chi connectivity index (χ0n) is 11.3. The Labute approximate surface area is 114 Å². The number of hydrogen-bond donors (Lipinski definition) is 2. The summed E-state index contributed by atoms with van der Waals surface area (Å²) in [6, 6.07) is 8.91. The molecule has 2 N–H and O–H groups in total. The number of piperidine rings is 1. The van der Waals surface area contributed by atoms with E-state index in [1.54, 1.807) is 0 Å². The Morgan fingerprint density at radius 2 is 2.05 bits per heavy atom. The minimum atomic E-state index is 0.172. The third-order valence-corrected chi connectivity index (χ3v) is 4.36. The Bertz CT molecular complexity index is 452. The molecule has 0 spiro atoms. The number of carbonyl (C=O) groups excluding carboxylic acids is 1. The second-order valence-electron chi connectivity index (χ2n) is 5.76. The third-order valence-electron chi connectivity index (χ3n) is 4.36. The molecule has 0 radical (unpaired) electrons. The van der Waals surface area contributed by atoms with Gasteiger partial charge in [-0.2, -0.15) is 0 Å². The highest BCUT2D eigenvalue weighted by Gasteiger charge is 2.25. The molecule has 2 aliphatic rings. The van der Waals surface area contributed by atoms with Crippen molar-refractivity contribution in [3.05, 3.63) is 35.4 Å². The minimum Gasteiger partial charge on any atom is -0.353 e. The summed E-state index contributed by atoms with van der Waals surface area (Å²) in [6.07, 6.45) is 5.29. The third kappa shape index (κ3) is 2.98. The van der Waals surface area contributed by atoms with Crippen molar-refractivity contribution in [2.45, 2.75) is 38.1 Å². The molecule has 1 aliphatic heterocycles. The van der Waals surface area contributed by atoms with Crippen LogP contribution in [-0.4, -0.2) is 25.0 Å². The van der Waals surface area contributed by atoms with E-state index < -0.39 is 0 Å². The molecule has 1 amide bonds. The van der Waals surface area contributed by atoms with E-state index in [2.05, 4.69) is 34.9 Å². The number of aryl methyl sites for hydroxylation is 1. The lowest BCUT2D eigenvalue weighted by molar-refractivity contribution is -0.126. The van der Waals surface area contributed by atoms with Crippen LogP contribution in [0.15, 0.2) is 24.3 Å². The molecule has 1 aromatic carbocycles. The fraction of sp³-hybridized carbons (Fsp3) is 0.562. The maximum absolute atomic E-state index is 12.2. The molecular formula is C16H22N2O. The zero-order chi connectivity index (χ0) is 13.1. The summed E-state index contributed by atoms with van der Waals surface area (Å²) in [4.78, 5) is 12.2. The molecule has 0 saturated carbocycles. The fourth-order valence-electron chi connectivity index (χ4n) is 3.22. The quantitative estimate of drug-likeness (QED) is 0.847. The van der Waals surface area contributed by atoms with Gasteiger partial charge in [-0.3, -0.25) is 4.79 Å². The van der Waals surface area contributed by atoms with Gasteiger partial charge in [0.05, 0.1) is 5.92 Å². The highest BCUT2D eigenvalue weighted by molar-refractivity contribution is 5.79. The van der Waals surface area contributed by atoms with Gasteiger partial charge in [0, 0.05) is 12.6 Å². The van der Waals surface area contributed by atoms with Crippen LogP contribution < -0.4 is 10.6 Å². The zero-order valence-corrected chi connectivity index (χ0v) is 11.3. The summed E-state index contributed by atoms with van der Waals surface area (Å²) in [5.74, 6) is 0.419. The van der Waals surface area contributed by atoms with Crippen LogP contribution in [0.4, 0.5) is 0 Å². The average Bonchev–Trinajstić information content (AvgIpc) is 2.48. The maximum Gasteiger partial charge on any atom is 0.224 e. The van der Waals surface area contributed by atoms with Crippen LogP contribution >= 0.6 is 0 Å². The van der Waals surface area contributed by atoms with Crippen LogP contribution in [0.5, 0.6) is 0 Å². The van der Waals surface area contributed by atoms with Crippen molar-refractivity contribution >= 4 is 5.91 Å². The SMILES string of the molecule is O=C(NC1CCc2ccccc2C1)[C@H]1CCCNC1. The van der Waals surface area contributed by atoms with E-state index in [4.69, 9.17) is 0 Å². The Morgan fingerprint density at radius 3 is 2.84 bits per heavy atom.